The van der Waals surface area contributed by atoms with Gasteiger partial charge in [0.05, 0.1) is 12.7 Å². The van der Waals surface area contributed by atoms with Gasteiger partial charge >= 0.3 is 5.97 Å². The number of rotatable bonds is 4. The summed E-state index contributed by atoms with van der Waals surface area (Å²) >= 11 is 0. The van der Waals surface area contributed by atoms with Gasteiger partial charge in [-0.3, -0.25) is 0 Å². The minimum Gasteiger partial charge on any atom is -0.463 e. The van der Waals surface area contributed by atoms with Crippen LogP contribution in [0.2, 0.25) is 0 Å². The molecule has 2 N–H and O–H groups in total. The number of carbonyl (C=O) groups excluding carboxylic acids is 1. The van der Waals surface area contributed by atoms with Gasteiger partial charge in [0.25, 0.3) is 0 Å². The van der Waals surface area contributed by atoms with E-state index in [1.54, 1.807) is 13.0 Å². The van der Waals surface area contributed by atoms with Crippen molar-refractivity contribution < 1.29 is 14.6 Å². The number of hydrogen-bond acceptors (Lipinski definition) is 6. The molecule has 1 aliphatic rings. The lowest BCUT2D eigenvalue weighted by atomic mass is 9.79. The zero-order valence-electron chi connectivity index (χ0n) is 12.8. The quantitative estimate of drug-likeness (QED) is 0.825. The van der Waals surface area contributed by atoms with Crippen molar-refractivity contribution in [3.63, 3.8) is 0 Å². The fraction of sp³-hybridized carbons (Fsp3) is 0.667. The van der Waals surface area contributed by atoms with Crippen molar-refractivity contribution in [3.8, 4) is 0 Å². The standard InChI is InChI=1S/C15H23N3O3/c1-10-4-6-15(20,7-5-10)9-16-12-8-11(2)17-13(18-12)14(19)21-3/h8,10,20H,4-7,9H2,1-3H3,(H,16,17,18). The second-order valence-corrected chi connectivity index (χ2v) is 5.97. The number of nitrogens with zero attached hydrogens (tertiary/aromatic N) is 2. The first-order valence-corrected chi connectivity index (χ1v) is 7.32. The zero-order valence-corrected chi connectivity index (χ0v) is 12.8. The van der Waals surface area contributed by atoms with E-state index in [9.17, 15) is 9.90 Å². The van der Waals surface area contributed by atoms with Crippen LogP contribution in [0, 0.1) is 12.8 Å². The van der Waals surface area contributed by atoms with Gasteiger partial charge in [-0.25, -0.2) is 14.8 Å². The second-order valence-electron chi connectivity index (χ2n) is 5.97. The monoisotopic (exact) mass is 293 g/mol. The van der Waals surface area contributed by atoms with Crippen LogP contribution in [-0.2, 0) is 4.74 Å². The van der Waals surface area contributed by atoms with Crippen molar-refractivity contribution in [1.82, 2.24) is 9.97 Å². The molecule has 1 aromatic heterocycles. The van der Waals surface area contributed by atoms with Gasteiger partial charge in [0, 0.05) is 18.3 Å². The molecule has 0 aromatic carbocycles. The molecule has 1 aliphatic carbocycles. The number of nitrogens with one attached hydrogen (secondary N) is 1. The molecule has 0 saturated heterocycles. The van der Waals surface area contributed by atoms with Crippen molar-refractivity contribution in [1.29, 1.82) is 0 Å². The number of hydrogen-bond donors (Lipinski definition) is 2. The Morgan fingerprint density at radius 1 is 1.48 bits per heavy atom. The predicted molar refractivity (Wildman–Crippen MR) is 79.2 cm³/mol. The molecule has 6 nitrogen and oxygen atoms in total. The Morgan fingerprint density at radius 3 is 2.76 bits per heavy atom. The molecular formula is C15H23N3O3. The maximum atomic E-state index is 11.5. The normalized spacial score (nSPS) is 25.4. The third-order valence-electron chi connectivity index (χ3n) is 4.03. The summed E-state index contributed by atoms with van der Waals surface area (Å²) < 4.78 is 4.63. The molecule has 6 heteroatoms. The van der Waals surface area contributed by atoms with Crippen molar-refractivity contribution in [2.24, 2.45) is 5.92 Å². The second kappa shape index (κ2) is 6.39. The number of aromatic nitrogens is 2. The first kappa shape index (κ1) is 15.7. The molecule has 0 amide bonds. The molecule has 1 saturated carbocycles. The van der Waals surface area contributed by atoms with E-state index in [4.69, 9.17) is 0 Å². The Bertz CT molecular complexity index is 511. The van der Waals surface area contributed by atoms with Gasteiger partial charge in [-0.05, 0) is 38.5 Å². The van der Waals surface area contributed by atoms with Crippen LogP contribution < -0.4 is 5.32 Å². The van der Waals surface area contributed by atoms with Crippen LogP contribution in [0.5, 0.6) is 0 Å². The minimum atomic E-state index is -0.698. The molecule has 2 rings (SSSR count). The Balaban J connectivity index is 2.03. The number of esters is 1. The van der Waals surface area contributed by atoms with Crippen LogP contribution >= 0.6 is 0 Å². The number of methoxy groups -OCH3 is 1. The maximum absolute atomic E-state index is 11.5. The fourth-order valence-corrected chi connectivity index (χ4v) is 2.57. The molecule has 1 fully saturated rings. The first-order valence-electron chi connectivity index (χ1n) is 7.32. The third-order valence-corrected chi connectivity index (χ3v) is 4.03. The van der Waals surface area contributed by atoms with Gasteiger partial charge in [0.1, 0.15) is 5.82 Å². The molecule has 0 aliphatic heterocycles. The van der Waals surface area contributed by atoms with Crippen molar-refractivity contribution in [3.05, 3.63) is 17.6 Å². The van der Waals surface area contributed by atoms with Crippen LogP contribution in [0.25, 0.3) is 0 Å². The molecule has 0 atom stereocenters. The van der Waals surface area contributed by atoms with E-state index < -0.39 is 11.6 Å². The lowest BCUT2D eigenvalue weighted by Gasteiger charge is -2.35. The average Bonchev–Trinajstić information content (AvgIpc) is 2.47. The highest BCUT2D eigenvalue weighted by atomic mass is 16.5. The number of aryl methyl sites for hydroxylation is 1. The summed E-state index contributed by atoms with van der Waals surface area (Å²) in [5.41, 5.74) is -0.0197. The molecule has 116 valence electrons. The Kier molecular flexibility index (Phi) is 4.77. The molecule has 1 aromatic rings. The van der Waals surface area contributed by atoms with Gasteiger partial charge in [0.15, 0.2) is 0 Å². The van der Waals surface area contributed by atoms with Gasteiger partial charge < -0.3 is 15.2 Å². The highest BCUT2D eigenvalue weighted by Crippen LogP contribution is 2.31. The van der Waals surface area contributed by atoms with Crippen LogP contribution in [0.4, 0.5) is 5.82 Å². The zero-order chi connectivity index (χ0) is 15.5. The highest BCUT2D eigenvalue weighted by Gasteiger charge is 2.31. The molecule has 0 spiro atoms. The Labute approximate surface area is 124 Å². The summed E-state index contributed by atoms with van der Waals surface area (Å²) in [6.45, 7) is 4.43. The smallest absolute Gasteiger partial charge is 0.376 e. The van der Waals surface area contributed by atoms with Gasteiger partial charge in [-0.2, -0.15) is 0 Å². The number of aliphatic hydroxyl groups is 1. The van der Waals surface area contributed by atoms with E-state index in [1.807, 2.05) is 0 Å². The molecule has 1 heterocycles. The van der Waals surface area contributed by atoms with Crippen molar-refractivity contribution in [2.45, 2.75) is 45.1 Å². The van der Waals surface area contributed by atoms with E-state index in [0.717, 1.165) is 25.7 Å². The van der Waals surface area contributed by atoms with E-state index in [-0.39, 0.29) is 5.82 Å². The Morgan fingerprint density at radius 2 is 2.14 bits per heavy atom. The van der Waals surface area contributed by atoms with Gasteiger partial charge in [0.2, 0.25) is 5.82 Å². The summed E-state index contributed by atoms with van der Waals surface area (Å²) in [5, 5.41) is 13.7. The van der Waals surface area contributed by atoms with Gasteiger partial charge in [-0.1, -0.05) is 6.92 Å². The topological polar surface area (TPSA) is 84.3 Å². The average molecular weight is 293 g/mol. The SMILES string of the molecule is COC(=O)c1nc(C)cc(NCC2(O)CCC(C)CC2)n1. The molecule has 0 unspecified atom stereocenters. The predicted octanol–water partition coefficient (Wildman–Crippen LogP) is 1.92. The molecule has 0 radical (unpaired) electrons. The van der Waals surface area contributed by atoms with E-state index in [1.165, 1.54) is 7.11 Å². The lowest BCUT2D eigenvalue weighted by Crippen LogP contribution is -2.40. The van der Waals surface area contributed by atoms with E-state index in [2.05, 4.69) is 26.9 Å². The third kappa shape index (κ3) is 4.14. The summed E-state index contributed by atoms with van der Waals surface area (Å²) in [4.78, 5) is 19.7. The largest absolute Gasteiger partial charge is 0.463 e. The summed E-state index contributed by atoms with van der Waals surface area (Å²) in [6.07, 6.45) is 3.65. The molecule has 0 bridgehead atoms. The lowest BCUT2D eigenvalue weighted by molar-refractivity contribution is 0.00494. The summed E-state index contributed by atoms with van der Waals surface area (Å²) in [6, 6.07) is 1.75. The van der Waals surface area contributed by atoms with Crippen LogP contribution in [-0.4, -0.2) is 40.3 Å². The number of carbonyl (C=O) groups is 1. The summed E-state index contributed by atoms with van der Waals surface area (Å²) in [7, 11) is 1.30. The summed E-state index contributed by atoms with van der Waals surface area (Å²) in [5.74, 6) is 0.684. The molecular weight excluding hydrogens is 270 g/mol. The fourth-order valence-electron chi connectivity index (χ4n) is 2.57. The maximum Gasteiger partial charge on any atom is 0.376 e. The number of ether oxygens (including phenoxy) is 1. The number of anilines is 1. The van der Waals surface area contributed by atoms with E-state index in [0.29, 0.717) is 24.0 Å². The first-order chi connectivity index (χ1) is 9.92. The molecule has 21 heavy (non-hydrogen) atoms. The van der Waals surface area contributed by atoms with Crippen LogP contribution in [0.1, 0.15) is 48.9 Å². The Hall–Kier alpha value is -1.69. The van der Waals surface area contributed by atoms with Crippen LogP contribution in [0.15, 0.2) is 6.07 Å². The van der Waals surface area contributed by atoms with E-state index >= 15 is 0 Å². The highest BCUT2D eigenvalue weighted by molar-refractivity contribution is 5.85. The minimum absolute atomic E-state index is 0.0317. The van der Waals surface area contributed by atoms with Crippen LogP contribution in [0.3, 0.4) is 0 Å². The van der Waals surface area contributed by atoms with Crippen molar-refractivity contribution >= 4 is 11.8 Å². The van der Waals surface area contributed by atoms with Gasteiger partial charge in [-0.15, -0.1) is 0 Å². The van der Waals surface area contributed by atoms with Crippen molar-refractivity contribution in [2.75, 3.05) is 19.0 Å².